The molecular formula is C17H21N5O2. The van der Waals surface area contributed by atoms with Gasteiger partial charge in [0.25, 0.3) is 5.91 Å². The minimum atomic E-state index is 0.0213. The number of fused-ring (bicyclic) bond motifs is 1. The first-order chi connectivity index (χ1) is 11.7. The molecule has 2 aliphatic heterocycles. The molecule has 4 heterocycles. The second-order valence-electron chi connectivity index (χ2n) is 6.39. The first kappa shape index (κ1) is 15.3. The molecule has 24 heavy (non-hydrogen) atoms. The molecule has 0 unspecified atom stereocenters. The average molecular weight is 327 g/mol. The number of rotatable bonds is 2. The second kappa shape index (κ2) is 6.33. The Morgan fingerprint density at radius 2 is 2.17 bits per heavy atom. The van der Waals surface area contributed by atoms with E-state index in [1.807, 2.05) is 17.0 Å². The van der Waals surface area contributed by atoms with E-state index in [0.29, 0.717) is 12.1 Å². The number of piperidine rings is 1. The number of likely N-dealkylation sites (tertiary alicyclic amines) is 1. The Kier molecular flexibility index (Phi) is 4.03. The van der Waals surface area contributed by atoms with Gasteiger partial charge in [-0.15, -0.1) is 0 Å². The smallest absolute Gasteiger partial charge is 0.257 e. The topological polar surface area (TPSA) is 74.3 Å². The summed E-state index contributed by atoms with van der Waals surface area (Å²) in [7, 11) is 2.11. The van der Waals surface area contributed by atoms with Gasteiger partial charge in [0.2, 0.25) is 0 Å². The maximum absolute atomic E-state index is 13.0. The lowest BCUT2D eigenvalue weighted by molar-refractivity contribution is -0.0893. The van der Waals surface area contributed by atoms with Gasteiger partial charge < -0.3 is 9.64 Å². The Bertz CT molecular complexity index is 717. The van der Waals surface area contributed by atoms with E-state index in [0.717, 1.165) is 37.4 Å². The van der Waals surface area contributed by atoms with E-state index in [4.69, 9.17) is 4.74 Å². The van der Waals surface area contributed by atoms with E-state index in [1.54, 1.807) is 18.6 Å². The predicted octanol–water partition coefficient (Wildman–Crippen LogP) is 1.02. The number of nitrogens with zero attached hydrogens (tertiary/aromatic N) is 4. The molecule has 7 nitrogen and oxygen atoms in total. The molecule has 2 aliphatic rings. The zero-order chi connectivity index (χ0) is 16.5. The molecule has 0 spiro atoms. The van der Waals surface area contributed by atoms with Crippen molar-refractivity contribution < 1.29 is 9.53 Å². The number of pyridine rings is 1. The van der Waals surface area contributed by atoms with E-state index in [-0.39, 0.29) is 18.1 Å². The molecule has 0 saturated carbocycles. The standard InChI is InChI=1S/C17H21N5O2/c1-21-8-9-24-15-4-7-22(11-14(15)21)17(23)13-10-19-20-16(13)12-2-5-18-6-3-12/h2-3,5-6,10,14-15H,4,7-9,11H2,1H3,(H,19,20)/t14-,15+/m0/s1. The Hall–Kier alpha value is -2.25. The number of nitrogens with one attached hydrogen (secondary N) is 1. The largest absolute Gasteiger partial charge is 0.375 e. The third-order valence-corrected chi connectivity index (χ3v) is 4.99. The lowest BCUT2D eigenvalue weighted by atomic mass is 9.98. The summed E-state index contributed by atoms with van der Waals surface area (Å²) in [6.45, 7) is 3.10. The number of ether oxygens (including phenoxy) is 1. The van der Waals surface area contributed by atoms with Crippen LogP contribution in [0.1, 0.15) is 16.8 Å². The van der Waals surface area contributed by atoms with Crippen molar-refractivity contribution in [3.05, 3.63) is 36.3 Å². The zero-order valence-electron chi connectivity index (χ0n) is 13.7. The number of hydrogen-bond donors (Lipinski definition) is 1. The Labute approximate surface area is 140 Å². The summed E-state index contributed by atoms with van der Waals surface area (Å²) in [5.74, 6) is 0.0213. The van der Waals surface area contributed by atoms with Crippen LogP contribution in [0.15, 0.2) is 30.7 Å². The summed E-state index contributed by atoms with van der Waals surface area (Å²) in [5, 5.41) is 7.03. The average Bonchev–Trinajstić information content (AvgIpc) is 3.12. The van der Waals surface area contributed by atoms with Gasteiger partial charge in [-0.1, -0.05) is 0 Å². The molecule has 0 aromatic carbocycles. The van der Waals surface area contributed by atoms with Crippen molar-refractivity contribution in [2.75, 3.05) is 33.3 Å². The maximum Gasteiger partial charge on any atom is 0.257 e. The minimum Gasteiger partial charge on any atom is -0.375 e. The number of carbonyl (C=O) groups is 1. The maximum atomic E-state index is 13.0. The summed E-state index contributed by atoms with van der Waals surface area (Å²) in [5.41, 5.74) is 2.27. The van der Waals surface area contributed by atoms with Crippen LogP contribution >= 0.6 is 0 Å². The summed E-state index contributed by atoms with van der Waals surface area (Å²) >= 11 is 0. The highest BCUT2D eigenvalue weighted by atomic mass is 16.5. The monoisotopic (exact) mass is 327 g/mol. The van der Waals surface area contributed by atoms with Gasteiger partial charge >= 0.3 is 0 Å². The molecule has 126 valence electrons. The van der Waals surface area contributed by atoms with Crippen LogP contribution in [0.2, 0.25) is 0 Å². The molecule has 0 bridgehead atoms. The summed E-state index contributed by atoms with van der Waals surface area (Å²) in [4.78, 5) is 21.3. The lowest BCUT2D eigenvalue weighted by Gasteiger charge is -2.45. The SMILES string of the molecule is CN1CCO[C@@H]2CCN(C(=O)c3cn[nH]c3-c3ccncc3)C[C@@H]21. The highest BCUT2D eigenvalue weighted by molar-refractivity contribution is 5.99. The van der Waals surface area contributed by atoms with Crippen molar-refractivity contribution in [3.8, 4) is 11.3 Å². The molecule has 2 saturated heterocycles. The highest BCUT2D eigenvalue weighted by Gasteiger charge is 2.37. The van der Waals surface area contributed by atoms with E-state index in [2.05, 4.69) is 27.1 Å². The molecule has 7 heteroatoms. The van der Waals surface area contributed by atoms with Gasteiger partial charge in [0, 0.05) is 37.6 Å². The van der Waals surface area contributed by atoms with Gasteiger partial charge in [-0.05, 0) is 25.6 Å². The molecule has 0 radical (unpaired) electrons. The molecule has 2 fully saturated rings. The summed E-state index contributed by atoms with van der Waals surface area (Å²) < 4.78 is 5.86. The van der Waals surface area contributed by atoms with Crippen LogP contribution < -0.4 is 0 Å². The number of carbonyl (C=O) groups excluding carboxylic acids is 1. The minimum absolute atomic E-state index is 0.0213. The molecule has 2 aromatic heterocycles. The van der Waals surface area contributed by atoms with Gasteiger partial charge in [0.1, 0.15) is 0 Å². The second-order valence-corrected chi connectivity index (χ2v) is 6.39. The van der Waals surface area contributed by atoms with Gasteiger partial charge in [0.15, 0.2) is 0 Å². The fourth-order valence-electron chi connectivity index (χ4n) is 3.58. The predicted molar refractivity (Wildman–Crippen MR) is 88.5 cm³/mol. The van der Waals surface area contributed by atoms with Crippen molar-refractivity contribution >= 4 is 5.91 Å². The van der Waals surface area contributed by atoms with Crippen molar-refractivity contribution in [1.29, 1.82) is 0 Å². The van der Waals surface area contributed by atoms with Crippen LogP contribution in [0.5, 0.6) is 0 Å². The fourth-order valence-corrected chi connectivity index (χ4v) is 3.58. The van der Waals surface area contributed by atoms with Crippen molar-refractivity contribution in [2.45, 2.75) is 18.6 Å². The van der Waals surface area contributed by atoms with Crippen molar-refractivity contribution in [2.24, 2.45) is 0 Å². The lowest BCUT2D eigenvalue weighted by Crippen LogP contribution is -2.59. The summed E-state index contributed by atoms with van der Waals surface area (Å²) in [6.07, 6.45) is 6.15. The normalized spacial score (nSPS) is 24.6. The molecule has 1 amide bonds. The number of aromatic nitrogens is 3. The van der Waals surface area contributed by atoms with Crippen LogP contribution in [-0.4, -0.2) is 76.3 Å². The highest BCUT2D eigenvalue weighted by Crippen LogP contribution is 2.26. The molecule has 2 atom stereocenters. The zero-order valence-corrected chi connectivity index (χ0v) is 13.7. The first-order valence-corrected chi connectivity index (χ1v) is 8.29. The fraction of sp³-hybridized carbons (Fsp3) is 0.471. The number of morpholine rings is 1. The summed E-state index contributed by atoms with van der Waals surface area (Å²) in [6, 6.07) is 4.02. The Morgan fingerprint density at radius 3 is 3.00 bits per heavy atom. The van der Waals surface area contributed by atoms with Crippen molar-refractivity contribution in [3.63, 3.8) is 0 Å². The van der Waals surface area contributed by atoms with Crippen LogP contribution in [-0.2, 0) is 4.74 Å². The number of amides is 1. The number of likely N-dealkylation sites (N-methyl/N-ethyl adjacent to an activating group) is 1. The molecule has 4 rings (SSSR count). The number of hydrogen-bond acceptors (Lipinski definition) is 5. The Balaban J connectivity index is 1.56. The van der Waals surface area contributed by atoms with Gasteiger partial charge in [-0.2, -0.15) is 5.10 Å². The molecule has 0 aliphatic carbocycles. The van der Waals surface area contributed by atoms with E-state index in [9.17, 15) is 4.79 Å². The molecular weight excluding hydrogens is 306 g/mol. The Morgan fingerprint density at radius 1 is 1.33 bits per heavy atom. The van der Waals surface area contributed by atoms with E-state index >= 15 is 0 Å². The number of aromatic amines is 1. The third-order valence-electron chi connectivity index (χ3n) is 4.99. The van der Waals surface area contributed by atoms with Crippen LogP contribution in [0.4, 0.5) is 0 Å². The van der Waals surface area contributed by atoms with Gasteiger partial charge in [0.05, 0.1) is 36.2 Å². The third kappa shape index (κ3) is 2.70. The quantitative estimate of drug-likeness (QED) is 0.891. The van der Waals surface area contributed by atoms with E-state index in [1.165, 1.54) is 0 Å². The molecule has 1 N–H and O–H groups in total. The van der Waals surface area contributed by atoms with Gasteiger partial charge in [-0.25, -0.2) is 0 Å². The van der Waals surface area contributed by atoms with Crippen molar-refractivity contribution in [1.82, 2.24) is 25.0 Å². The van der Waals surface area contributed by atoms with Crippen LogP contribution in [0.3, 0.4) is 0 Å². The van der Waals surface area contributed by atoms with Gasteiger partial charge in [-0.3, -0.25) is 19.8 Å². The first-order valence-electron chi connectivity index (χ1n) is 8.29. The molecule has 2 aromatic rings. The number of H-pyrrole nitrogens is 1. The van der Waals surface area contributed by atoms with Crippen LogP contribution in [0, 0.1) is 0 Å². The van der Waals surface area contributed by atoms with Crippen LogP contribution in [0.25, 0.3) is 11.3 Å². The van der Waals surface area contributed by atoms with E-state index < -0.39 is 0 Å².